The summed E-state index contributed by atoms with van der Waals surface area (Å²) in [5.74, 6) is -0.147. The molecule has 5 heteroatoms. The van der Waals surface area contributed by atoms with Crippen LogP contribution in [0.4, 0.5) is 5.69 Å². The molecule has 0 fully saturated rings. The predicted octanol–water partition coefficient (Wildman–Crippen LogP) is 5.23. The zero-order chi connectivity index (χ0) is 17.3. The molecule has 1 heterocycles. The van der Waals surface area contributed by atoms with Crippen LogP contribution in [0.2, 0.25) is 5.02 Å². The summed E-state index contributed by atoms with van der Waals surface area (Å²) in [6, 6.07) is 13.7. The number of carbonyl (C=O) groups is 1. The Balaban J connectivity index is 2.13. The van der Waals surface area contributed by atoms with Gasteiger partial charge in [0.2, 0.25) is 0 Å². The van der Waals surface area contributed by atoms with Crippen LogP contribution in [0.15, 0.2) is 46.9 Å². The number of rotatable bonds is 3. The van der Waals surface area contributed by atoms with Crippen molar-refractivity contribution < 1.29 is 9.53 Å². The molecule has 3 rings (SSSR count). The van der Waals surface area contributed by atoms with E-state index in [2.05, 4.69) is 46.4 Å². The van der Waals surface area contributed by atoms with Crippen LogP contribution >= 0.6 is 27.5 Å². The van der Waals surface area contributed by atoms with E-state index in [0.29, 0.717) is 11.6 Å². The third-order valence-electron chi connectivity index (χ3n) is 4.47. The Morgan fingerprint density at radius 3 is 2.67 bits per heavy atom. The lowest BCUT2D eigenvalue weighted by atomic mass is 9.74. The number of esters is 1. The minimum absolute atomic E-state index is 0.0318. The lowest BCUT2D eigenvalue weighted by molar-refractivity contribution is -0.145. The van der Waals surface area contributed by atoms with Gasteiger partial charge < -0.3 is 10.1 Å². The number of benzene rings is 2. The average Bonchev–Trinajstić information content (AvgIpc) is 2.55. The zero-order valence-electron chi connectivity index (χ0n) is 13.6. The first-order chi connectivity index (χ1) is 11.5. The van der Waals surface area contributed by atoms with Crippen molar-refractivity contribution in [1.29, 1.82) is 0 Å². The second-order valence-electron chi connectivity index (χ2n) is 5.97. The summed E-state index contributed by atoms with van der Waals surface area (Å²) in [6.45, 7) is 4.25. The Labute approximate surface area is 155 Å². The van der Waals surface area contributed by atoms with Crippen LogP contribution in [0.5, 0.6) is 0 Å². The van der Waals surface area contributed by atoms with Gasteiger partial charge in [-0.05, 0) is 36.1 Å². The number of ether oxygens (including phenoxy) is 1. The van der Waals surface area contributed by atoms with Crippen LogP contribution < -0.4 is 5.32 Å². The first-order valence-corrected chi connectivity index (χ1v) is 9.17. The van der Waals surface area contributed by atoms with E-state index >= 15 is 0 Å². The van der Waals surface area contributed by atoms with Crippen LogP contribution in [0.1, 0.15) is 30.9 Å². The topological polar surface area (TPSA) is 38.3 Å². The molecule has 0 saturated heterocycles. The molecule has 0 saturated carbocycles. The van der Waals surface area contributed by atoms with Gasteiger partial charge in [-0.3, -0.25) is 0 Å². The summed E-state index contributed by atoms with van der Waals surface area (Å²) < 4.78 is 6.19. The Bertz CT molecular complexity index is 751. The fourth-order valence-corrected chi connectivity index (χ4v) is 4.29. The SMILES string of the molecule is CCOC(=O)C1Nc2c(Cl)cc(Br)cc2C(c2ccccc2)C1C. The molecule has 0 aliphatic carbocycles. The molecule has 24 heavy (non-hydrogen) atoms. The van der Waals surface area contributed by atoms with Gasteiger partial charge in [-0.15, -0.1) is 0 Å². The standard InChI is InChI=1S/C19H19BrClNO2/c1-3-24-19(23)17-11(2)16(12-7-5-4-6-8-12)14-9-13(20)10-15(21)18(14)22-17/h4-11,16-17,22H,3H2,1-2H3. The summed E-state index contributed by atoms with van der Waals surface area (Å²) in [6.07, 6.45) is 0. The van der Waals surface area contributed by atoms with E-state index in [1.54, 1.807) is 0 Å². The van der Waals surface area contributed by atoms with E-state index in [9.17, 15) is 4.79 Å². The normalized spacial score (nSPS) is 22.4. The molecule has 3 atom stereocenters. The molecular weight excluding hydrogens is 390 g/mol. The molecule has 0 radical (unpaired) electrons. The summed E-state index contributed by atoms with van der Waals surface area (Å²) in [7, 11) is 0. The first kappa shape index (κ1) is 17.3. The minimum Gasteiger partial charge on any atom is -0.464 e. The minimum atomic E-state index is -0.429. The molecule has 1 aliphatic heterocycles. The summed E-state index contributed by atoms with van der Waals surface area (Å²) >= 11 is 9.98. The predicted molar refractivity (Wildman–Crippen MR) is 101 cm³/mol. The maximum Gasteiger partial charge on any atom is 0.328 e. The van der Waals surface area contributed by atoms with Gasteiger partial charge in [-0.2, -0.15) is 0 Å². The lowest BCUT2D eigenvalue weighted by Gasteiger charge is -2.38. The van der Waals surface area contributed by atoms with Gasteiger partial charge in [-0.1, -0.05) is 64.8 Å². The van der Waals surface area contributed by atoms with E-state index < -0.39 is 6.04 Å². The van der Waals surface area contributed by atoms with Gasteiger partial charge in [0.15, 0.2) is 0 Å². The van der Waals surface area contributed by atoms with Crippen molar-refractivity contribution in [2.75, 3.05) is 11.9 Å². The fourth-order valence-electron chi connectivity index (χ4n) is 3.40. The van der Waals surface area contributed by atoms with Gasteiger partial charge in [0, 0.05) is 10.4 Å². The highest BCUT2D eigenvalue weighted by Crippen LogP contribution is 2.46. The van der Waals surface area contributed by atoms with Gasteiger partial charge in [0.05, 0.1) is 17.3 Å². The molecule has 1 aliphatic rings. The number of nitrogens with one attached hydrogen (secondary N) is 1. The Kier molecular flexibility index (Phi) is 5.16. The largest absolute Gasteiger partial charge is 0.464 e. The molecule has 2 aromatic rings. The number of fused-ring (bicyclic) bond motifs is 1. The molecule has 1 N–H and O–H groups in total. The van der Waals surface area contributed by atoms with Gasteiger partial charge in [0.1, 0.15) is 6.04 Å². The maximum absolute atomic E-state index is 12.4. The fraction of sp³-hybridized carbons (Fsp3) is 0.316. The van der Waals surface area contributed by atoms with Crippen molar-refractivity contribution in [2.24, 2.45) is 5.92 Å². The van der Waals surface area contributed by atoms with Crippen molar-refractivity contribution in [3.8, 4) is 0 Å². The molecule has 126 valence electrons. The number of hydrogen-bond acceptors (Lipinski definition) is 3. The number of hydrogen-bond donors (Lipinski definition) is 1. The van der Waals surface area contributed by atoms with E-state index in [4.69, 9.17) is 16.3 Å². The molecule has 0 spiro atoms. The van der Waals surface area contributed by atoms with E-state index in [1.807, 2.05) is 31.2 Å². The molecule has 3 unspecified atom stereocenters. The molecular formula is C19H19BrClNO2. The van der Waals surface area contributed by atoms with Crippen LogP contribution in [-0.4, -0.2) is 18.6 Å². The number of anilines is 1. The summed E-state index contributed by atoms with van der Waals surface area (Å²) in [5, 5.41) is 3.90. The van der Waals surface area contributed by atoms with Crippen LogP contribution in [0.25, 0.3) is 0 Å². The third-order valence-corrected chi connectivity index (χ3v) is 5.23. The van der Waals surface area contributed by atoms with Crippen LogP contribution in [0, 0.1) is 5.92 Å². The lowest BCUT2D eigenvalue weighted by Crippen LogP contribution is -2.43. The van der Waals surface area contributed by atoms with E-state index in [0.717, 1.165) is 21.3 Å². The second-order valence-corrected chi connectivity index (χ2v) is 7.30. The Hall–Kier alpha value is -1.52. The van der Waals surface area contributed by atoms with Gasteiger partial charge >= 0.3 is 5.97 Å². The Morgan fingerprint density at radius 1 is 1.29 bits per heavy atom. The van der Waals surface area contributed by atoms with Crippen molar-refractivity contribution in [3.63, 3.8) is 0 Å². The second kappa shape index (κ2) is 7.16. The third kappa shape index (κ3) is 3.17. The monoisotopic (exact) mass is 407 g/mol. The highest BCUT2D eigenvalue weighted by Gasteiger charge is 2.40. The van der Waals surface area contributed by atoms with Gasteiger partial charge in [-0.25, -0.2) is 4.79 Å². The van der Waals surface area contributed by atoms with E-state index in [1.165, 1.54) is 0 Å². The summed E-state index contributed by atoms with van der Waals surface area (Å²) in [5.41, 5.74) is 3.06. The highest BCUT2D eigenvalue weighted by molar-refractivity contribution is 9.10. The molecule has 3 nitrogen and oxygen atoms in total. The number of halogens is 2. The van der Waals surface area contributed by atoms with Crippen molar-refractivity contribution in [2.45, 2.75) is 25.8 Å². The zero-order valence-corrected chi connectivity index (χ0v) is 15.9. The van der Waals surface area contributed by atoms with Crippen molar-refractivity contribution >= 4 is 39.2 Å². The number of carbonyl (C=O) groups excluding carboxylic acids is 1. The molecule has 2 aromatic carbocycles. The highest BCUT2D eigenvalue weighted by atomic mass is 79.9. The Morgan fingerprint density at radius 2 is 2.00 bits per heavy atom. The quantitative estimate of drug-likeness (QED) is 0.707. The van der Waals surface area contributed by atoms with Crippen molar-refractivity contribution in [3.05, 3.63) is 63.1 Å². The van der Waals surface area contributed by atoms with Crippen LogP contribution in [-0.2, 0) is 9.53 Å². The molecule has 0 bridgehead atoms. The average molecular weight is 409 g/mol. The van der Waals surface area contributed by atoms with Crippen molar-refractivity contribution in [1.82, 2.24) is 0 Å². The summed E-state index contributed by atoms with van der Waals surface area (Å²) in [4.78, 5) is 12.4. The smallest absolute Gasteiger partial charge is 0.328 e. The van der Waals surface area contributed by atoms with Crippen LogP contribution in [0.3, 0.4) is 0 Å². The van der Waals surface area contributed by atoms with E-state index in [-0.39, 0.29) is 17.8 Å². The molecule has 0 aromatic heterocycles. The van der Waals surface area contributed by atoms with Gasteiger partial charge in [0.25, 0.3) is 0 Å². The first-order valence-electron chi connectivity index (χ1n) is 8.00. The maximum atomic E-state index is 12.4. The molecule has 0 amide bonds.